The standard InChI is InChI=1S/C19H17ClN2O/c20-18-11-5-4-10-16(18)13-17(14-21)19(23)22-12-6-9-15-7-2-1-3-8-15/h1-5,7-8,10-11,13H,6,9,12H2,(H,22,23)/b17-13-. The Balaban J connectivity index is 1.88. The summed E-state index contributed by atoms with van der Waals surface area (Å²) in [5.41, 5.74) is 1.94. The lowest BCUT2D eigenvalue weighted by atomic mass is 10.1. The first-order valence-corrected chi connectivity index (χ1v) is 7.77. The number of nitrogens with zero attached hydrogens (tertiary/aromatic N) is 1. The van der Waals surface area contributed by atoms with Gasteiger partial charge in [0.1, 0.15) is 11.6 Å². The van der Waals surface area contributed by atoms with E-state index in [9.17, 15) is 4.79 Å². The van der Waals surface area contributed by atoms with Crippen LogP contribution in [0.25, 0.3) is 6.08 Å². The maximum atomic E-state index is 12.1. The second kappa shape index (κ2) is 8.77. The van der Waals surface area contributed by atoms with E-state index in [2.05, 4.69) is 17.4 Å². The third-order valence-electron chi connectivity index (χ3n) is 3.34. The monoisotopic (exact) mass is 324 g/mol. The average Bonchev–Trinajstić information content (AvgIpc) is 2.59. The molecular weight excluding hydrogens is 308 g/mol. The van der Waals surface area contributed by atoms with Crippen molar-refractivity contribution in [2.45, 2.75) is 12.8 Å². The highest BCUT2D eigenvalue weighted by Gasteiger charge is 2.09. The molecule has 0 saturated heterocycles. The highest BCUT2D eigenvalue weighted by atomic mass is 35.5. The second-order valence-corrected chi connectivity index (χ2v) is 5.44. The van der Waals surface area contributed by atoms with E-state index in [0.717, 1.165) is 12.8 Å². The molecule has 0 heterocycles. The molecule has 116 valence electrons. The zero-order valence-corrected chi connectivity index (χ0v) is 13.4. The molecule has 2 rings (SSSR count). The number of rotatable bonds is 6. The molecule has 0 saturated carbocycles. The van der Waals surface area contributed by atoms with Gasteiger partial charge in [0, 0.05) is 11.6 Å². The molecule has 0 bridgehead atoms. The van der Waals surface area contributed by atoms with E-state index < -0.39 is 0 Å². The van der Waals surface area contributed by atoms with Crippen molar-refractivity contribution in [2.75, 3.05) is 6.54 Å². The largest absolute Gasteiger partial charge is 0.351 e. The van der Waals surface area contributed by atoms with Crippen molar-refractivity contribution in [1.29, 1.82) is 5.26 Å². The smallest absolute Gasteiger partial charge is 0.261 e. The highest BCUT2D eigenvalue weighted by Crippen LogP contribution is 2.18. The molecule has 0 atom stereocenters. The fourth-order valence-corrected chi connectivity index (χ4v) is 2.32. The molecule has 0 radical (unpaired) electrons. The van der Waals surface area contributed by atoms with E-state index in [1.165, 1.54) is 11.6 Å². The van der Waals surface area contributed by atoms with E-state index in [1.807, 2.05) is 30.3 Å². The molecule has 4 heteroatoms. The molecule has 3 nitrogen and oxygen atoms in total. The van der Waals surface area contributed by atoms with Crippen molar-refractivity contribution in [1.82, 2.24) is 5.32 Å². The fourth-order valence-electron chi connectivity index (χ4n) is 2.13. The van der Waals surface area contributed by atoms with Gasteiger partial charge in [0.05, 0.1) is 0 Å². The van der Waals surface area contributed by atoms with Gasteiger partial charge >= 0.3 is 0 Å². The number of halogens is 1. The maximum absolute atomic E-state index is 12.1. The summed E-state index contributed by atoms with van der Waals surface area (Å²) in [6, 6.07) is 19.1. The minimum Gasteiger partial charge on any atom is -0.351 e. The zero-order valence-electron chi connectivity index (χ0n) is 12.6. The molecule has 0 aliphatic carbocycles. The van der Waals surface area contributed by atoms with Gasteiger partial charge in [0.2, 0.25) is 0 Å². The molecule has 0 unspecified atom stereocenters. The second-order valence-electron chi connectivity index (χ2n) is 5.04. The Morgan fingerprint density at radius 1 is 1.13 bits per heavy atom. The minimum absolute atomic E-state index is 0.0535. The van der Waals surface area contributed by atoms with Crippen molar-refractivity contribution in [2.24, 2.45) is 0 Å². The number of hydrogen-bond acceptors (Lipinski definition) is 2. The molecule has 0 aliphatic heterocycles. The molecule has 1 N–H and O–H groups in total. The number of amides is 1. The Kier molecular flexibility index (Phi) is 6.40. The number of aryl methyl sites for hydroxylation is 1. The van der Waals surface area contributed by atoms with E-state index in [0.29, 0.717) is 17.1 Å². The van der Waals surface area contributed by atoms with E-state index in [-0.39, 0.29) is 11.5 Å². The molecule has 2 aromatic rings. The summed E-state index contributed by atoms with van der Waals surface area (Å²) < 4.78 is 0. The van der Waals surface area contributed by atoms with Gasteiger partial charge in [0.15, 0.2) is 0 Å². The topological polar surface area (TPSA) is 52.9 Å². The maximum Gasteiger partial charge on any atom is 0.261 e. The zero-order chi connectivity index (χ0) is 16.5. The SMILES string of the molecule is N#C/C(=C/c1ccccc1Cl)C(=O)NCCCc1ccccc1. The number of carbonyl (C=O) groups is 1. The van der Waals surface area contributed by atoms with Gasteiger partial charge in [-0.15, -0.1) is 0 Å². The number of nitriles is 1. The summed E-state index contributed by atoms with van der Waals surface area (Å²) >= 11 is 6.04. The molecule has 0 aromatic heterocycles. The molecular formula is C19H17ClN2O. The van der Waals surface area contributed by atoms with Crippen molar-refractivity contribution in [3.05, 3.63) is 76.3 Å². The summed E-state index contributed by atoms with van der Waals surface area (Å²) in [4.78, 5) is 12.1. The number of benzene rings is 2. The van der Waals surface area contributed by atoms with Crippen LogP contribution in [-0.2, 0) is 11.2 Å². The lowest BCUT2D eigenvalue weighted by Gasteiger charge is -2.05. The summed E-state index contributed by atoms with van der Waals surface area (Å²) in [5, 5.41) is 12.4. The third-order valence-corrected chi connectivity index (χ3v) is 3.68. The van der Waals surface area contributed by atoms with Gasteiger partial charge in [-0.05, 0) is 36.1 Å². The Morgan fingerprint density at radius 2 is 1.83 bits per heavy atom. The summed E-state index contributed by atoms with van der Waals surface area (Å²) in [7, 11) is 0. The lowest BCUT2D eigenvalue weighted by molar-refractivity contribution is -0.117. The number of carbonyl (C=O) groups excluding carboxylic acids is 1. The van der Waals surface area contributed by atoms with E-state index in [4.69, 9.17) is 16.9 Å². The molecule has 0 spiro atoms. The molecule has 23 heavy (non-hydrogen) atoms. The van der Waals surface area contributed by atoms with Crippen molar-refractivity contribution in [3.8, 4) is 6.07 Å². The van der Waals surface area contributed by atoms with Crippen molar-refractivity contribution < 1.29 is 4.79 Å². The van der Waals surface area contributed by atoms with Gasteiger partial charge in [0.25, 0.3) is 5.91 Å². The number of hydrogen-bond donors (Lipinski definition) is 1. The van der Waals surface area contributed by atoms with Crippen LogP contribution in [0.5, 0.6) is 0 Å². The van der Waals surface area contributed by atoms with E-state index in [1.54, 1.807) is 18.2 Å². The summed E-state index contributed by atoms with van der Waals surface area (Å²) in [5.74, 6) is -0.375. The molecule has 2 aromatic carbocycles. The predicted octanol–water partition coefficient (Wildman–Crippen LogP) is 4.00. The van der Waals surface area contributed by atoms with Crippen LogP contribution in [0, 0.1) is 11.3 Å². The van der Waals surface area contributed by atoms with Crippen LogP contribution in [-0.4, -0.2) is 12.5 Å². The Hall–Kier alpha value is -2.57. The number of nitrogens with one attached hydrogen (secondary N) is 1. The quantitative estimate of drug-likeness (QED) is 0.496. The first-order valence-electron chi connectivity index (χ1n) is 7.39. The van der Waals surface area contributed by atoms with Crippen LogP contribution in [0.15, 0.2) is 60.2 Å². The Bertz CT molecular complexity index is 733. The highest BCUT2D eigenvalue weighted by molar-refractivity contribution is 6.32. The predicted molar refractivity (Wildman–Crippen MR) is 92.8 cm³/mol. The molecule has 0 aliphatic rings. The van der Waals surface area contributed by atoms with Gasteiger partial charge in [-0.25, -0.2) is 0 Å². The first-order chi connectivity index (χ1) is 11.2. The van der Waals surface area contributed by atoms with Crippen LogP contribution in [0.1, 0.15) is 17.5 Å². The average molecular weight is 325 g/mol. The van der Waals surface area contributed by atoms with Crippen LogP contribution in [0.4, 0.5) is 0 Å². The van der Waals surface area contributed by atoms with Crippen LogP contribution in [0.2, 0.25) is 5.02 Å². The lowest BCUT2D eigenvalue weighted by Crippen LogP contribution is -2.25. The molecule has 0 fully saturated rings. The summed E-state index contributed by atoms with van der Waals surface area (Å²) in [6.07, 6.45) is 3.21. The van der Waals surface area contributed by atoms with E-state index >= 15 is 0 Å². The van der Waals surface area contributed by atoms with Crippen molar-refractivity contribution in [3.63, 3.8) is 0 Å². The van der Waals surface area contributed by atoms with Crippen LogP contribution < -0.4 is 5.32 Å². The van der Waals surface area contributed by atoms with Crippen LogP contribution >= 0.6 is 11.6 Å². The molecule has 1 amide bonds. The van der Waals surface area contributed by atoms with Gasteiger partial charge in [-0.1, -0.05) is 60.1 Å². The Morgan fingerprint density at radius 3 is 2.52 bits per heavy atom. The fraction of sp³-hybridized carbons (Fsp3) is 0.158. The third kappa shape index (κ3) is 5.28. The summed E-state index contributed by atoms with van der Waals surface area (Å²) in [6.45, 7) is 0.523. The van der Waals surface area contributed by atoms with Gasteiger partial charge in [-0.2, -0.15) is 5.26 Å². The first kappa shape index (κ1) is 16.8. The van der Waals surface area contributed by atoms with Gasteiger partial charge in [-0.3, -0.25) is 4.79 Å². The Labute approximate surface area is 141 Å². The normalized spacial score (nSPS) is 10.9. The minimum atomic E-state index is -0.375. The van der Waals surface area contributed by atoms with Crippen molar-refractivity contribution >= 4 is 23.6 Å². The van der Waals surface area contributed by atoms with Gasteiger partial charge < -0.3 is 5.32 Å². The van der Waals surface area contributed by atoms with Crippen LogP contribution in [0.3, 0.4) is 0 Å².